The van der Waals surface area contributed by atoms with Gasteiger partial charge in [-0.3, -0.25) is 4.90 Å². The Morgan fingerprint density at radius 3 is 2.29 bits per heavy atom. The Morgan fingerprint density at radius 2 is 1.68 bits per heavy atom. The lowest BCUT2D eigenvalue weighted by Crippen LogP contribution is -2.46. The van der Waals surface area contributed by atoms with Gasteiger partial charge in [-0.2, -0.15) is 9.97 Å². The number of carbonyl (C=O) groups is 1. The zero-order chi connectivity index (χ0) is 24.3. The Labute approximate surface area is 198 Å². The molecule has 2 aromatic rings. The van der Waals surface area contributed by atoms with Crippen LogP contribution in [-0.2, 0) is 14.8 Å². The molecule has 0 bridgehead atoms. The first kappa shape index (κ1) is 23.8. The molecule has 1 aromatic carbocycles. The topological polar surface area (TPSA) is 126 Å². The van der Waals surface area contributed by atoms with Crippen LogP contribution in [0.25, 0.3) is 0 Å². The number of benzene rings is 1. The van der Waals surface area contributed by atoms with Crippen LogP contribution < -0.4 is 28.9 Å². The zero-order valence-electron chi connectivity index (χ0n) is 19.3. The van der Waals surface area contributed by atoms with Gasteiger partial charge in [0.15, 0.2) is 0 Å². The molecule has 0 spiro atoms. The number of aromatic nitrogens is 2. The third-order valence-corrected chi connectivity index (χ3v) is 6.33. The number of hydrogen-bond donors (Lipinski definition) is 1. The van der Waals surface area contributed by atoms with Crippen molar-refractivity contribution in [2.75, 3.05) is 74.4 Å². The fraction of sp³-hybridized carbons (Fsp3) is 0.476. The number of amides is 1. The van der Waals surface area contributed by atoms with Gasteiger partial charge in [0.2, 0.25) is 15.9 Å². The number of hydrogen-bond acceptors (Lipinski definition) is 10. The minimum absolute atomic E-state index is 0.0491. The first-order chi connectivity index (χ1) is 16.3. The predicted octanol–water partition coefficient (Wildman–Crippen LogP) is 0.695. The van der Waals surface area contributed by atoms with Crippen LogP contribution in [-0.4, -0.2) is 90.3 Å². The van der Waals surface area contributed by atoms with E-state index < -0.39 is 22.2 Å². The van der Waals surface area contributed by atoms with Crippen molar-refractivity contribution < 1.29 is 27.4 Å². The molecule has 1 atom stereocenters. The van der Waals surface area contributed by atoms with Crippen molar-refractivity contribution >= 4 is 33.3 Å². The summed E-state index contributed by atoms with van der Waals surface area (Å²) in [6, 6.07) is 9.74. The summed E-state index contributed by atoms with van der Waals surface area (Å²) in [7, 11) is -0.267. The van der Waals surface area contributed by atoms with Crippen molar-refractivity contribution in [1.29, 1.82) is 0 Å². The van der Waals surface area contributed by atoms with Crippen LogP contribution in [0.2, 0.25) is 0 Å². The number of rotatable bonds is 8. The standard InChI is InChI=1S/C21H28N6O6S/c1-31-19-12-18(23-20(24-19)32-2)26-10-8-25(9-11-26)15-4-6-16(7-5-15)27-14-17(33-21(27)28)13-22-34(3,29)30/h4-7,12,17,22H,8-11,13-14H2,1-3H3. The lowest BCUT2D eigenvalue weighted by atomic mass is 10.2. The van der Waals surface area contributed by atoms with E-state index in [-0.39, 0.29) is 19.1 Å². The Bertz CT molecular complexity index is 1100. The van der Waals surface area contributed by atoms with Gasteiger partial charge in [-0.25, -0.2) is 17.9 Å². The van der Waals surface area contributed by atoms with E-state index >= 15 is 0 Å². The van der Waals surface area contributed by atoms with E-state index in [0.717, 1.165) is 43.9 Å². The van der Waals surface area contributed by atoms with Crippen LogP contribution in [0.5, 0.6) is 11.9 Å². The first-order valence-electron chi connectivity index (χ1n) is 10.8. The first-order valence-corrected chi connectivity index (χ1v) is 12.6. The number of ether oxygens (including phenoxy) is 3. The van der Waals surface area contributed by atoms with Crippen molar-refractivity contribution in [2.24, 2.45) is 0 Å². The summed E-state index contributed by atoms with van der Waals surface area (Å²) in [6.07, 6.45) is 0.0489. The fourth-order valence-electron chi connectivity index (χ4n) is 3.87. The van der Waals surface area contributed by atoms with Crippen LogP contribution >= 0.6 is 0 Å². The highest BCUT2D eigenvalue weighted by Gasteiger charge is 2.32. The van der Waals surface area contributed by atoms with Gasteiger partial charge in [0.1, 0.15) is 11.9 Å². The van der Waals surface area contributed by atoms with E-state index in [9.17, 15) is 13.2 Å². The molecule has 1 amide bonds. The summed E-state index contributed by atoms with van der Waals surface area (Å²) < 4.78 is 40.6. The minimum atomic E-state index is -3.35. The second-order valence-electron chi connectivity index (χ2n) is 7.98. The summed E-state index contributed by atoms with van der Waals surface area (Å²) in [5, 5.41) is 0. The number of nitrogens with zero attached hydrogens (tertiary/aromatic N) is 5. The number of carbonyl (C=O) groups excluding carboxylic acids is 1. The quantitative estimate of drug-likeness (QED) is 0.562. The molecule has 0 aliphatic carbocycles. The van der Waals surface area contributed by atoms with Crippen LogP contribution in [0.4, 0.5) is 22.0 Å². The molecule has 3 heterocycles. The largest absolute Gasteiger partial charge is 0.481 e. The minimum Gasteiger partial charge on any atom is -0.481 e. The highest BCUT2D eigenvalue weighted by Crippen LogP contribution is 2.27. The average Bonchev–Trinajstić information content (AvgIpc) is 3.22. The maximum absolute atomic E-state index is 12.2. The maximum Gasteiger partial charge on any atom is 0.414 e. The number of sulfonamides is 1. The normalized spacial score (nSPS) is 18.7. The fourth-order valence-corrected chi connectivity index (χ4v) is 4.36. The Kier molecular flexibility index (Phi) is 6.93. The lowest BCUT2D eigenvalue weighted by Gasteiger charge is -2.36. The summed E-state index contributed by atoms with van der Waals surface area (Å²) in [5.41, 5.74) is 1.75. The monoisotopic (exact) mass is 492 g/mol. The average molecular weight is 493 g/mol. The molecule has 12 nitrogen and oxygen atoms in total. The van der Waals surface area contributed by atoms with Gasteiger partial charge in [-0.15, -0.1) is 0 Å². The highest BCUT2D eigenvalue weighted by atomic mass is 32.2. The Balaban J connectivity index is 1.35. The van der Waals surface area contributed by atoms with Crippen LogP contribution in [0.3, 0.4) is 0 Å². The van der Waals surface area contributed by atoms with E-state index in [1.54, 1.807) is 13.2 Å². The molecule has 34 heavy (non-hydrogen) atoms. The molecule has 13 heteroatoms. The number of piperazine rings is 1. The molecule has 2 fully saturated rings. The predicted molar refractivity (Wildman–Crippen MR) is 126 cm³/mol. The molecular formula is C21H28N6O6S. The Hall–Kier alpha value is -3.32. The van der Waals surface area contributed by atoms with Crippen molar-refractivity contribution in [3.05, 3.63) is 30.3 Å². The molecule has 0 radical (unpaired) electrons. The molecule has 1 unspecified atom stereocenters. The highest BCUT2D eigenvalue weighted by molar-refractivity contribution is 7.88. The summed E-state index contributed by atoms with van der Waals surface area (Å²) >= 11 is 0. The molecule has 2 aliphatic rings. The Morgan fingerprint density at radius 1 is 1.03 bits per heavy atom. The second-order valence-corrected chi connectivity index (χ2v) is 9.82. The molecule has 2 saturated heterocycles. The van der Waals surface area contributed by atoms with Gasteiger partial charge in [-0.05, 0) is 24.3 Å². The summed E-state index contributed by atoms with van der Waals surface area (Å²) in [5.74, 6) is 1.21. The maximum atomic E-state index is 12.2. The third-order valence-electron chi connectivity index (χ3n) is 5.64. The number of anilines is 3. The summed E-state index contributed by atoms with van der Waals surface area (Å²) in [6.45, 7) is 3.44. The van der Waals surface area contributed by atoms with E-state index in [1.807, 2.05) is 24.3 Å². The number of nitrogens with one attached hydrogen (secondary N) is 1. The smallest absolute Gasteiger partial charge is 0.414 e. The molecule has 2 aliphatic heterocycles. The third kappa shape index (κ3) is 5.59. The number of cyclic esters (lactones) is 1. The van der Waals surface area contributed by atoms with Crippen molar-refractivity contribution in [3.63, 3.8) is 0 Å². The molecule has 1 N–H and O–H groups in total. The molecule has 0 saturated carbocycles. The molecule has 1 aromatic heterocycles. The molecule has 4 rings (SSSR count). The van der Waals surface area contributed by atoms with Crippen LogP contribution in [0.1, 0.15) is 0 Å². The van der Waals surface area contributed by atoms with Crippen molar-refractivity contribution in [1.82, 2.24) is 14.7 Å². The summed E-state index contributed by atoms with van der Waals surface area (Å²) in [4.78, 5) is 26.7. The lowest BCUT2D eigenvalue weighted by molar-refractivity contribution is 0.143. The van der Waals surface area contributed by atoms with Crippen LogP contribution in [0.15, 0.2) is 30.3 Å². The molecular weight excluding hydrogens is 464 g/mol. The van der Waals surface area contributed by atoms with Gasteiger partial charge in [-0.1, -0.05) is 0 Å². The van der Waals surface area contributed by atoms with Gasteiger partial charge in [0.05, 0.1) is 27.0 Å². The van der Waals surface area contributed by atoms with Gasteiger partial charge in [0, 0.05) is 50.2 Å². The van der Waals surface area contributed by atoms with E-state index in [1.165, 1.54) is 12.0 Å². The SMILES string of the molecule is COc1cc(N2CCN(c3ccc(N4CC(CNS(C)(=O)=O)OC4=O)cc3)CC2)nc(OC)n1. The van der Waals surface area contributed by atoms with Crippen molar-refractivity contribution in [2.45, 2.75) is 6.10 Å². The van der Waals surface area contributed by atoms with Crippen molar-refractivity contribution in [3.8, 4) is 11.9 Å². The second kappa shape index (κ2) is 9.89. The number of methoxy groups -OCH3 is 2. The van der Waals surface area contributed by atoms with Gasteiger partial charge < -0.3 is 24.0 Å². The zero-order valence-corrected chi connectivity index (χ0v) is 20.1. The van der Waals surface area contributed by atoms with Crippen LogP contribution in [0, 0.1) is 0 Å². The van der Waals surface area contributed by atoms with E-state index in [2.05, 4.69) is 24.5 Å². The van der Waals surface area contributed by atoms with Gasteiger partial charge >= 0.3 is 12.1 Å². The molecule has 184 valence electrons. The van der Waals surface area contributed by atoms with E-state index in [4.69, 9.17) is 14.2 Å². The van der Waals surface area contributed by atoms with Gasteiger partial charge in [0.25, 0.3) is 0 Å². The van der Waals surface area contributed by atoms with E-state index in [0.29, 0.717) is 11.6 Å².